The van der Waals surface area contributed by atoms with Crippen LogP contribution in [0.3, 0.4) is 0 Å². The van der Waals surface area contributed by atoms with Crippen molar-refractivity contribution < 1.29 is 14.7 Å². The summed E-state index contributed by atoms with van der Waals surface area (Å²) in [6, 6.07) is 7.49. The molecule has 1 aromatic carbocycles. The number of methoxy groups -OCH3 is 2. The molecule has 7 nitrogen and oxygen atoms in total. The van der Waals surface area contributed by atoms with E-state index >= 15 is 0 Å². The lowest BCUT2D eigenvalue weighted by Crippen LogP contribution is -1.97. The average molecular weight is 300 g/mol. The van der Waals surface area contributed by atoms with Crippen LogP contribution in [-0.2, 0) is 6.54 Å². The zero-order valence-electron chi connectivity index (χ0n) is 12.4. The van der Waals surface area contributed by atoms with Crippen LogP contribution in [0.15, 0.2) is 29.6 Å². The molecule has 0 saturated heterocycles. The van der Waals surface area contributed by atoms with E-state index in [0.717, 1.165) is 5.56 Å². The summed E-state index contributed by atoms with van der Waals surface area (Å²) >= 11 is 0. The van der Waals surface area contributed by atoms with E-state index in [2.05, 4.69) is 16.3 Å². The third-order valence-corrected chi connectivity index (χ3v) is 3.10. The zero-order chi connectivity index (χ0) is 15.9. The quantitative estimate of drug-likeness (QED) is 0.502. The molecule has 2 aromatic rings. The predicted octanol–water partition coefficient (Wildman–Crippen LogP) is 2.29. The third-order valence-electron chi connectivity index (χ3n) is 3.10. The van der Waals surface area contributed by atoms with Crippen molar-refractivity contribution in [3.8, 4) is 28.8 Å². The van der Waals surface area contributed by atoms with Crippen molar-refractivity contribution >= 4 is 6.21 Å². The van der Waals surface area contributed by atoms with Gasteiger partial charge >= 0.3 is 0 Å². The van der Waals surface area contributed by atoms with E-state index in [0.29, 0.717) is 35.7 Å². The molecule has 2 rings (SSSR count). The molecule has 0 amide bonds. The molecule has 0 atom stereocenters. The lowest BCUT2D eigenvalue weighted by Gasteiger charge is -2.08. The number of hydrogen-bond donors (Lipinski definition) is 1. The second-order valence-electron chi connectivity index (χ2n) is 4.42. The van der Waals surface area contributed by atoms with Crippen molar-refractivity contribution in [1.29, 1.82) is 5.26 Å². The molecule has 0 saturated carbocycles. The Morgan fingerprint density at radius 1 is 1.36 bits per heavy atom. The van der Waals surface area contributed by atoms with Crippen molar-refractivity contribution in [1.82, 2.24) is 9.78 Å². The van der Waals surface area contributed by atoms with Gasteiger partial charge in [-0.2, -0.15) is 10.4 Å². The largest absolute Gasteiger partial charge is 0.493 e. The number of aryl methyl sites for hydroxylation is 1. The van der Waals surface area contributed by atoms with Gasteiger partial charge in [-0.15, -0.1) is 0 Å². The molecule has 0 fully saturated rings. The number of nitriles is 1. The molecule has 0 aliphatic carbocycles. The summed E-state index contributed by atoms with van der Waals surface area (Å²) in [5.74, 6) is 1.20. The van der Waals surface area contributed by atoms with Gasteiger partial charge in [0.25, 0.3) is 0 Å². The first-order chi connectivity index (χ1) is 10.7. The van der Waals surface area contributed by atoms with Gasteiger partial charge in [0.2, 0.25) is 0 Å². The van der Waals surface area contributed by atoms with Gasteiger partial charge in [-0.25, -0.2) is 0 Å². The fourth-order valence-corrected chi connectivity index (χ4v) is 2.08. The van der Waals surface area contributed by atoms with Crippen molar-refractivity contribution in [2.75, 3.05) is 14.2 Å². The summed E-state index contributed by atoms with van der Waals surface area (Å²) in [6.45, 7) is 0.468. The van der Waals surface area contributed by atoms with Crippen LogP contribution < -0.4 is 9.47 Å². The molecule has 7 heteroatoms. The topological polar surface area (TPSA) is 92.7 Å². The minimum atomic E-state index is 0.350. The molecule has 0 unspecified atom stereocenters. The van der Waals surface area contributed by atoms with Crippen LogP contribution >= 0.6 is 0 Å². The van der Waals surface area contributed by atoms with Crippen molar-refractivity contribution in [2.24, 2.45) is 5.16 Å². The summed E-state index contributed by atoms with van der Waals surface area (Å²) in [5, 5.41) is 25.0. The van der Waals surface area contributed by atoms with E-state index in [1.54, 1.807) is 37.2 Å². The highest BCUT2D eigenvalue weighted by molar-refractivity contribution is 5.88. The Bertz CT molecular complexity index is 716. The standard InChI is InChI=1S/C15H16N4O3/c1-21-13-5-4-11(8-14(13)22-2)15-12(9-17-20)10-19(18-15)7-3-6-16/h4-5,8-10,20H,3,7H2,1-2H3/b17-9+. The molecule has 1 heterocycles. The Morgan fingerprint density at radius 2 is 2.14 bits per heavy atom. The summed E-state index contributed by atoms with van der Waals surface area (Å²) in [4.78, 5) is 0. The third kappa shape index (κ3) is 3.17. The number of hydrogen-bond acceptors (Lipinski definition) is 6. The number of rotatable bonds is 6. The number of ether oxygens (including phenoxy) is 2. The minimum Gasteiger partial charge on any atom is -0.493 e. The van der Waals surface area contributed by atoms with Crippen LogP contribution in [-0.4, -0.2) is 35.4 Å². The number of oxime groups is 1. The first-order valence-corrected chi connectivity index (χ1v) is 6.57. The second kappa shape index (κ2) is 7.13. The SMILES string of the molecule is COc1ccc(-c2nn(CCC#N)cc2/C=N/O)cc1OC. The van der Waals surface area contributed by atoms with Crippen LogP contribution in [0.5, 0.6) is 11.5 Å². The van der Waals surface area contributed by atoms with E-state index in [-0.39, 0.29) is 0 Å². The van der Waals surface area contributed by atoms with Crippen LogP contribution in [0.1, 0.15) is 12.0 Å². The normalized spacial score (nSPS) is 10.6. The first kappa shape index (κ1) is 15.4. The maximum absolute atomic E-state index is 8.79. The van der Waals surface area contributed by atoms with E-state index in [1.165, 1.54) is 6.21 Å². The van der Waals surface area contributed by atoms with Gasteiger partial charge in [0.1, 0.15) is 5.69 Å². The van der Waals surface area contributed by atoms with E-state index in [9.17, 15) is 0 Å². The molecule has 1 N–H and O–H groups in total. The fourth-order valence-electron chi connectivity index (χ4n) is 2.08. The van der Waals surface area contributed by atoms with Gasteiger partial charge < -0.3 is 14.7 Å². The highest BCUT2D eigenvalue weighted by atomic mass is 16.5. The Hall–Kier alpha value is -3.01. The summed E-state index contributed by atoms with van der Waals surface area (Å²) in [7, 11) is 3.13. The molecule has 0 bridgehead atoms. The number of nitrogens with zero attached hydrogens (tertiary/aromatic N) is 4. The van der Waals surface area contributed by atoms with Crippen molar-refractivity contribution in [3.05, 3.63) is 30.0 Å². The molecular weight excluding hydrogens is 284 g/mol. The zero-order valence-corrected chi connectivity index (χ0v) is 12.4. The minimum absolute atomic E-state index is 0.350. The molecule has 0 aliphatic rings. The summed E-state index contributed by atoms with van der Waals surface area (Å²) in [5.41, 5.74) is 2.08. The monoisotopic (exact) mass is 300 g/mol. The maximum Gasteiger partial charge on any atom is 0.161 e. The second-order valence-corrected chi connectivity index (χ2v) is 4.42. The fraction of sp³-hybridized carbons (Fsp3) is 0.267. The van der Waals surface area contributed by atoms with Gasteiger partial charge in [0.05, 0.1) is 39.5 Å². The van der Waals surface area contributed by atoms with Gasteiger partial charge in [0.15, 0.2) is 11.5 Å². The average Bonchev–Trinajstić information content (AvgIpc) is 2.95. The van der Waals surface area contributed by atoms with Crippen LogP contribution in [0.25, 0.3) is 11.3 Å². The van der Waals surface area contributed by atoms with Gasteiger partial charge in [-0.1, -0.05) is 5.16 Å². The predicted molar refractivity (Wildman–Crippen MR) is 80.4 cm³/mol. The van der Waals surface area contributed by atoms with E-state index in [1.807, 2.05) is 6.07 Å². The van der Waals surface area contributed by atoms with Gasteiger partial charge in [0, 0.05) is 17.3 Å². The van der Waals surface area contributed by atoms with Crippen LogP contribution in [0.2, 0.25) is 0 Å². The Kier molecular flexibility index (Phi) is 4.98. The number of aromatic nitrogens is 2. The number of benzene rings is 1. The van der Waals surface area contributed by atoms with E-state index < -0.39 is 0 Å². The highest BCUT2D eigenvalue weighted by Crippen LogP contribution is 2.32. The molecule has 0 radical (unpaired) electrons. The van der Waals surface area contributed by atoms with Crippen LogP contribution in [0.4, 0.5) is 0 Å². The summed E-state index contributed by atoms with van der Waals surface area (Å²) in [6.07, 6.45) is 3.38. The summed E-state index contributed by atoms with van der Waals surface area (Å²) < 4.78 is 12.1. The maximum atomic E-state index is 8.79. The highest BCUT2D eigenvalue weighted by Gasteiger charge is 2.13. The van der Waals surface area contributed by atoms with Gasteiger partial charge in [-0.3, -0.25) is 4.68 Å². The molecule has 114 valence electrons. The molecular formula is C15H16N4O3. The molecule has 0 spiro atoms. The smallest absolute Gasteiger partial charge is 0.161 e. The van der Waals surface area contributed by atoms with Crippen LogP contribution in [0, 0.1) is 11.3 Å². The Labute approximate surface area is 128 Å². The van der Waals surface area contributed by atoms with Gasteiger partial charge in [-0.05, 0) is 18.2 Å². The van der Waals surface area contributed by atoms with E-state index in [4.69, 9.17) is 19.9 Å². The lowest BCUT2D eigenvalue weighted by atomic mass is 10.1. The molecule has 0 aliphatic heterocycles. The Balaban J connectivity index is 2.46. The Morgan fingerprint density at radius 3 is 2.77 bits per heavy atom. The molecule has 1 aromatic heterocycles. The van der Waals surface area contributed by atoms with Crippen molar-refractivity contribution in [2.45, 2.75) is 13.0 Å². The van der Waals surface area contributed by atoms with Crippen molar-refractivity contribution in [3.63, 3.8) is 0 Å². The first-order valence-electron chi connectivity index (χ1n) is 6.57. The lowest BCUT2D eigenvalue weighted by molar-refractivity contribution is 0.322. The molecule has 22 heavy (non-hydrogen) atoms.